The minimum Gasteiger partial charge on any atom is -0.506 e. The second-order valence-electron chi connectivity index (χ2n) is 9.65. The Morgan fingerprint density at radius 1 is 1.23 bits per heavy atom. The number of carbonyl (C=O) groups is 2. The quantitative estimate of drug-likeness (QED) is 0.306. The van der Waals surface area contributed by atoms with Crippen LogP contribution in [0.3, 0.4) is 0 Å². The highest BCUT2D eigenvalue weighted by molar-refractivity contribution is 5.79. The van der Waals surface area contributed by atoms with Gasteiger partial charge in [-0.3, -0.25) is 9.59 Å². The Morgan fingerprint density at radius 2 is 2.00 bits per heavy atom. The summed E-state index contributed by atoms with van der Waals surface area (Å²) < 4.78 is 0. The molecule has 0 radical (unpaired) electrons. The van der Waals surface area contributed by atoms with Crippen molar-refractivity contribution >= 4 is 11.8 Å². The van der Waals surface area contributed by atoms with Gasteiger partial charge < -0.3 is 30.9 Å². The molecule has 2 amide bonds. The Balaban J connectivity index is 1.48. The first-order chi connectivity index (χ1) is 16.7. The molecule has 0 spiro atoms. The molecule has 1 unspecified atom stereocenters. The van der Waals surface area contributed by atoms with Crippen LogP contribution >= 0.6 is 0 Å². The number of aliphatic hydroxyl groups excluding tert-OH is 2. The van der Waals surface area contributed by atoms with Crippen LogP contribution in [-0.4, -0.2) is 68.7 Å². The van der Waals surface area contributed by atoms with Crippen molar-refractivity contribution in [2.45, 2.75) is 57.8 Å². The number of benzene rings is 1. The van der Waals surface area contributed by atoms with E-state index in [0.717, 1.165) is 24.1 Å². The molecule has 5 N–H and O–H groups in total. The molecule has 9 heteroatoms. The zero-order chi connectivity index (χ0) is 25.4. The molecule has 0 aliphatic carbocycles. The Bertz CT molecular complexity index is 1030. The van der Waals surface area contributed by atoms with Gasteiger partial charge >= 0.3 is 0 Å². The predicted molar refractivity (Wildman–Crippen MR) is 132 cm³/mol. The third-order valence-electron chi connectivity index (χ3n) is 6.11. The molecule has 3 rings (SSSR count). The highest BCUT2D eigenvalue weighted by atomic mass is 16.3. The summed E-state index contributed by atoms with van der Waals surface area (Å²) in [5.74, 6) is -0.0186. The van der Waals surface area contributed by atoms with Crippen molar-refractivity contribution in [3.8, 4) is 5.75 Å². The van der Waals surface area contributed by atoms with Gasteiger partial charge in [0.15, 0.2) is 0 Å². The number of likely N-dealkylation sites (tertiary alicyclic amines) is 1. The van der Waals surface area contributed by atoms with Gasteiger partial charge in [-0.1, -0.05) is 24.3 Å². The van der Waals surface area contributed by atoms with E-state index in [1.807, 2.05) is 38.1 Å². The van der Waals surface area contributed by atoms with Crippen molar-refractivity contribution < 1.29 is 24.9 Å². The second kappa shape index (κ2) is 12.1. The summed E-state index contributed by atoms with van der Waals surface area (Å²) in [5.41, 5.74) is 2.14. The molecule has 2 heterocycles. The Hall–Kier alpha value is -3.01. The minimum absolute atomic E-state index is 0.0713. The standard InChI is InChI=1S/C26H36N4O5/c1-26(2,28-16-23(33)20-8-9-22(32)21(17-31)29-20)15-19-6-3-5-18(13-19)14-24(34)27-10-12-30-11-4-7-25(30)35/h3,5-6,8-9,13,23,28,31-33H,4,7,10-12,14-17H2,1-2H3,(H,27,34). The number of nitrogens with zero attached hydrogens (tertiary/aromatic N) is 2. The van der Waals surface area contributed by atoms with Crippen molar-refractivity contribution in [2.24, 2.45) is 0 Å². The number of aromatic hydroxyl groups is 1. The molecule has 1 fully saturated rings. The average Bonchev–Trinajstić information content (AvgIpc) is 3.22. The second-order valence-corrected chi connectivity index (χ2v) is 9.65. The summed E-state index contributed by atoms with van der Waals surface area (Å²) in [7, 11) is 0. The van der Waals surface area contributed by atoms with Crippen molar-refractivity contribution in [1.82, 2.24) is 20.5 Å². The first-order valence-corrected chi connectivity index (χ1v) is 12.0. The van der Waals surface area contributed by atoms with E-state index in [2.05, 4.69) is 15.6 Å². The number of carbonyl (C=O) groups excluding carboxylic acids is 2. The van der Waals surface area contributed by atoms with Crippen LogP contribution in [-0.2, 0) is 29.0 Å². The van der Waals surface area contributed by atoms with Crippen LogP contribution in [0.15, 0.2) is 36.4 Å². The summed E-state index contributed by atoms with van der Waals surface area (Å²) in [5, 5.41) is 35.7. The Morgan fingerprint density at radius 3 is 2.71 bits per heavy atom. The highest BCUT2D eigenvalue weighted by Gasteiger charge is 2.22. The van der Waals surface area contributed by atoms with E-state index < -0.39 is 12.7 Å². The molecule has 1 aromatic heterocycles. The maximum Gasteiger partial charge on any atom is 0.224 e. The van der Waals surface area contributed by atoms with Gasteiger partial charge in [0.1, 0.15) is 17.5 Å². The summed E-state index contributed by atoms with van der Waals surface area (Å²) in [6, 6.07) is 10.8. The fraction of sp³-hybridized carbons (Fsp3) is 0.500. The highest BCUT2D eigenvalue weighted by Crippen LogP contribution is 2.20. The largest absolute Gasteiger partial charge is 0.506 e. The number of aliphatic hydroxyl groups is 2. The van der Waals surface area contributed by atoms with E-state index in [9.17, 15) is 24.9 Å². The molecule has 9 nitrogen and oxygen atoms in total. The molecule has 1 atom stereocenters. The maximum absolute atomic E-state index is 12.4. The van der Waals surface area contributed by atoms with E-state index in [0.29, 0.717) is 31.6 Å². The van der Waals surface area contributed by atoms with E-state index in [1.165, 1.54) is 12.1 Å². The maximum atomic E-state index is 12.4. The third kappa shape index (κ3) is 8.02. The molecule has 35 heavy (non-hydrogen) atoms. The number of hydrogen-bond donors (Lipinski definition) is 5. The van der Waals surface area contributed by atoms with Crippen LogP contribution < -0.4 is 10.6 Å². The van der Waals surface area contributed by atoms with Crippen LogP contribution in [0, 0.1) is 0 Å². The molecular weight excluding hydrogens is 448 g/mol. The number of aromatic nitrogens is 1. The SMILES string of the molecule is CC(C)(Cc1cccc(CC(=O)NCCN2CCCC2=O)c1)NCC(O)c1ccc(O)c(CO)n1. The van der Waals surface area contributed by atoms with E-state index in [1.54, 1.807) is 4.90 Å². The zero-order valence-corrected chi connectivity index (χ0v) is 20.5. The zero-order valence-electron chi connectivity index (χ0n) is 20.5. The smallest absolute Gasteiger partial charge is 0.224 e. The first kappa shape index (κ1) is 26.6. The molecule has 0 saturated carbocycles. The molecule has 1 aliphatic heterocycles. The molecule has 1 aliphatic rings. The number of β-amino-alcohol motifs (C(OH)–C–C–N with tert-alkyl or cyclic N) is 1. The van der Waals surface area contributed by atoms with Gasteiger partial charge in [-0.2, -0.15) is 0 Å². The average molecular weight is 485 g/mol. The third-order valence-corrected chi connectivity index (χ3v) is 6.11. The lowest BCUT2D eigenvalue weighted by Crippen LogP contribution is -2.43. The van der Waals surface area contributed by atoms with Crippen molar-refractivity contribution in [1.29, 1.82) is 0 Å². The Kier molecular flexibility index (Phi) is 9.20. The van der Waals surface area contributed by atoms with Crippen LogP contribution in [0.1, 0.15) is 55.3 Å². The van der Waals surface area contributed by atoms with E-state index in [4.69, 9.17) is 0 Å². The van der Waals surface area contributed by atoms with Gasteiger partial charge in [0, 0.05) is 38.1 Å². The number of rotatable bonds is 12. The summed E-state index contributed by atoms with van der Waals surface area (Å²) in [4.78, 5) is 29.9. The lowest BCUT2D eigenvalue weighted by molar-refractivity contribution is -0.128. The first-order valence-electron chi connectivity index (χ1n) is 12.0. The number of hydrogen-bond acceptors (Lipinski definition) is 7. The molecule has 1 aromatic carbocycles. The summed E-state index contributed by atoms with van der Waals surface area (Å²) in [6.45, 7) is 5.68. The lowest BCUT2D eigenvalue weighted by atomic mass is 9.93. The van der Waals surface area contributed by atoms with Crippen molar-refractivity contribution in [2.75, 3.05) is 26.2 Å². The fourth-order valence-electron chi connectivity index (χ4n) is 4.23. The van der Waals surface area contributed by atoms with Crippen LogP contribution in [0.5, 0.6) is 5.75 Å². The van der Waals surface area contributed by atoms with Crippen LogP contribution in [0.4, 0.5) is 0 Å². The van der Waals surface area contributed by atoms with Gasteiger partial charge in [-0.05, 0) is 49.9 Å². The topological polar surface area (TPSA) is 135 Å². The van der Waals surface area contributed by atoms with Gasteiger partial charge in [-0.15, -0.1) is 0 Å². The van der Waals surface area contributed by atoms with Gasteiger partial charge in [0.05, 0.1) is 18.7 Å². The number of pyridine rings is 1. The molecule has 2 aromatic rings. The molecule has 1 saturated heterocycles. The summed E-state index contributed by atoms with van der Waals surface area (Å²) in [6.07, 6.45) is 1.54. The van der Waals surface area contributed by atoms with Crippen LogP contribution in [0.2, 0.25) is 0 Å². The predicted octanol–water partition coefficient (Wildman–Crippen LogP) is 1.20. The minimum atomic E-state index is -0.897. The molecule has 0 bridgehead atoms. The van der Waals surface area contributed by atoms with Gasteiger partial charge in [0.2, 0.25) is 11.8 Å². The lowest BCUT2D eigenvalue weighted by Gasteiger charge is -2.28. The number of nitrogens with one attached hydrogen (secondary N) is 2. The van der Waals surface area contributed by atoms with Crippen molar-refractivity contribution in [3.05, 3.63) is 58.9 Å². The van der Waals surface area contributed by atoms with E-state index in [-0.39, 0.29) is 41.8 Å². The van der Waals surface area contributed by atoms with Gasteiger partial charge in [-0.25, -0.2) is 4.98 Å². The summed E-state index contributed by atoms with van der Waals surface area (Å²) >= 11 is 0. The molecular formula is C26H36N4O5. The number of amides is 2. The Labute approximate surface area is 206 Å². The normalized spacial score (nSPS) is 14.9. The monoisotopic (exact) mass is 484 g/mol. The van der Waals surface area contributed by atoms with E-state index >= 15 is 0 Å². The fourth-order valence-corrected chi connectivity index (χ4v) is 4.23. The molecule has 190 valence electrons. The van der Waals surface area contributed by atoms with Crippen molar-refractivity contribution in [3.63, 3.8) is 0 Å². The van der Waals surface area contributed by atoms with Gasteiger partial charge in [0.25, 0.3) is 0 Å². The van der Waals surface area contributed by atoms with Crippen LogP contribution in [0.25, 0.3) is 0 Å².